The second-order valence-corrected chi connectivity index (χ2v) is 15.8. The zero-order chi connectivity index (χ0) is 19.1. The van der Waals surface area contributed by atoms with Crippen LogP contribution in [0.2, 0.25) is 4.28 Å². The molecule has 9 nitrogen and oxygen atoms in total. The Morgan fingerprint density at radius 2 is 0.625 bits per heavy atom. The molecule has 0 fully saturated rings. The van der Waals surface area contributed by atoms with E-state index in [1.54, 1.807) is 0 Å². The van der Waals surface area contributed by atoms with Gasteiger partial charge < -0.3 is 39.8 Å². The summed E-state index contributed by atoms with van der Waals surface area (Å²) in [5.74, 6) is 0. The van der Waals surface area contributed by atoms with Crippen molar-refractivity contribution in [3.8, 4) is 0 Å². The van der Waals surface area contributed by atoms with Crippen molar-refractivity contribution in [1.82, 2.24) is 0 Å². The molecule has 0 aliphatic carbocycles. The maximum Gasteiger partial charge on any atom is 0.515 e. The Morgan fingerprint density at radius 3 is 0.708 bits per heavy atom. The third kappa shape index (κ3) is 3.08. The highest BCUT2D eigenvalue weighted by atomic mass is 28.5. The lowest BCUT2D eigenvalue weighted by molar-refractivity contribution is 0.0307. The summed E-state index contributed by atoms with van der Waals surface area (Å²) in [4.78, 5) is 0. The van der Waals surface area contributed by atoms with Gasteiger partial charge in [0, 0.05) is 64.0 Å². The largest absolute Gasteiger partial charge is 0.515 e. The van der Waals surface area contributed by atoms with Crippen molar-refractivity contribution < 1.29 is 39.8 Å². The standard InChI is InChI=1S/C12H32O9Si3/c1-11-12(22(13-2,14-3)15-4,23(16-5,17-6)18-7)24(19-8,20-9)21-10/h11H2,1-10H3. The lowest BCUT2D eigenvalue weighted by atomic mass is 10.5. The molecule has 0 bridgehead atoms. The second kappa shape index (κ2) is 9.84. The van der Waals surface area contributed by atoms with Gasteiger partial charge in [0.15, 0.2) is 4.28 Å². The lowest BCUT2D eigenvalue weighted by Gasteiger charge is -2.53. The van der Waals surface area contributed by atoms with E-state index in [4.69, 9.17) is 39.8 Å². The first-order valence-corrected chi connectivity index (χ1v) is 12.5. The average Bonchev–Trinajstić information content (AvgIpc) is 2.65. The Bertz CT molecular complexity index is 285. The van der Waals surface area contributed by atoms with Crippen LogP contribution in [-0.4, -0.2) is 90.4 Å². The molecule has 0 N–H and O–H groups in total. The molecule has 146 valence electrons. The molecule has 0 radical (unpaired) electrons. The van der Waals surface area contributed by atoms with Crippen LogP contribution in [0.25, 0.3) is 0 Å². The van der Waals surface area contributed by atoms with E-state index >= 15 is 0 Å². The summed E-state index contributed by atoms with van der Waals surface area (Å²) in [7, 11) is 2.97. The van der Waals surface area contributed by atoms with Crippen molar-refractivity contribution in [2.75, 3.05) is 64.0 Å². The highest BCUT2D eigenvalue weighted by Gasteiger charge is 2.87. The summed E-state index contributed by atoms with van der Waals surface area (Å²) in [6, 6.07) is 0. The molecule has 12 heteroatoms. The molecule has 24 heavy (non-hydrogen) atoms. The summed E-state index contributed by atoms with van der Waals surface area (Å²) in [6.07, 6.45) is 0.401. The predicted octanol–water partition coefficient (Wildman–Crippen LogP) is 0.850. The Morgan fingerprint density at radius 1 is 0.458 bits per heavy atom. The molecule has 0 heterocycles. The molecule has 0 aliphatic heterocycles. The third-order valence-corrected chi connectivity index (χ3v) is 19.1. The zero-order valence-electron chi connectivity index (χ0n) is 16.4. The summed E-state index contributed by atoms with van der Waals surface area (Å²) in [5, 5.41) is 0. The molecule has 0 aromatic heterocycles. The molecule has 0 atom stereocenters. The molecule has 0 rings (SSSR count). The molecule has 0 unspecified atom stereocenters. The van der Waals surface area contributed by atoms with E-state index < -0.39 is 30.7 Å². The Balaban J connectivity index is 7.11. The fourth-order valence-electron chi connectivity index (χ4n) is 3.53. The SMILES string of the molecule is CCC([Si](OC)(OC)OC)([Si](OC)(OC)OC)[Si](OC)(OC)OC. The summed E-state index contributed by atoms with van der Waals surface area (Å²) >= 11 is 0. The smallest absolute Gasteiger partial charge is 0.377 e. The van der Waals surface area contributed by atoms with Crippen LogP contribution in [0.1, 0.15) is 13.3 Å². The molecule has 0 aromatic carbocycles. The zero-order valence-corrected chi connectivity index (χ0v) is 19.4. The van der Waals surface area contributed by atoms with Gasteiger partial charge in [0.05, 0.1) is 0 Å². The first kappa shape index (κ1) is 24.3. The normalized spacial score (nSPS) is 14.2. The van der Waals surface area contributed by atoms with E-state index in [0.717, 1.165) is 0 Å². The molecular weight excluding hydrogens is 372 g/mol. The maximum atomic E-state index is 5.80. The van der Waals surface area contributed by atoms with Gasteiger partial charge in [-0.1, -0.05) is 6.92 Å². The van der Waals surface area contributed by atoms with Crippen molar-refractivity contribution in [1.29, 1.82) is 0 Å². The molecule has 0 aromatic rings. The Labute approximate surface area is 148 Å². The van der Waals surface area contributed by atoms with E-state index in [-0.39, 0.29) is 0 Å². The van der Waals surface area contributed by atoms with Gasteiger partial charge in [0.25, 0.3) is 0 Å². The Kier molecular flexibility index (Phi) is 9.96. The molecule has 0 saturated carbocycles. The molecule has 0 spiro atoms. The fraction of sp³-hybridized carbons (Fsp3) is 1.00. The van der Waals surface area contributed by atoms with Gasteiger partial charge in [0.2, 0.25) is 0 Å². The minimum atomic E-state index is -3.52. The molecule has 0 amide bonds. The maximum absolute atomic E-state index is 5.80. The summed E-state index contributed by atoms with van der Waals surface area (Å²) in [6.45, 7) is 1.91. The van der Waals surface area contributed by atoms with Crippen molar-refractivity contribution >= 4 is 26.4 Å². The van der Waals surface area contributed by atoms with Crippen LogP contribution in [-0.2, 0) is 39.8 Å². The van der Waals surface area contributed by atoms with Crippen LogP contribution in [0.4, 0.5) is 0 Å². The van der Waals surface area contributed by atoms with Crippen LogP contribution in [0, 0.1) is 0 Å². The van der Waals surface area contributed by atoms with E-state index in [1.807, 2.05) is 6.92 Å². The monoisotopic (exact) mass is 404 g/mol. The van der Waals surface area contributed by atoms with Gasteiger partial charge in [-0.25, -0.2) is 0 Å². The molecular formula is C12H32O9Si3. The first-order chi connectivity index (χ1) is 11.4. The highest BCUT2D eigenvalue weighted by Crippen LogP contribution is 2.57. The minimum Gasteiger partial charge on any atom is -0.377 e. The molecule has 0 aliphatic rings. The van der Waals surface area contributed by atoms with E-state index in [0.29, 0.717) is 6.42 Å². The number of hydrogen-bond donors (Lipinski definition) is 0. The lowest BCUT2D eigenvalue weighted by Crippen LogP contribution is -2.80. The quantitative estimate of drug-likeness (QED) is 0.415. The van der Waals surface area contributed by atoms with Gasteiger partial charge in [-0.3, -0.25) is 0 Å². The van der Waals surface area contributed by atoms with Crippen LogP contribution >= 0.6 is 0 Å². The van der Waals surface area contributed by atoms with Crippen molar-refractivity contribution in [2.45, 2.75) is 17.6 Å². The van der Waals surface area contributed by atoms with E-state index in [1.165, 1.54) is 64.0 Å². The van der Waals surface area contributed by atoms with Crippen molar-refractivity contribution in [3.63, 3.8) is 0 Å². The highest BCUT2D eigenvalue weighted by molar-refractivity contribution is 7.02. The van der Waals surface area contributed by atoms with Gasteiger partial charge in [-0.05, 0) is 6.42 Å². The van der Waals surface area contributed by atoms with Crippen LogP contribution in [0.3, 0.4) is 0 Å². The predicted molar refractivity (Wildman–Crippen MR) is 93.3 cm³/mol. The number of hydrogen-bond acceptors (Lipinski definition) is 9. The van der Waals surface area contributed by atoms with Gasteiger partial charge in [0.1, 0.15) is 0 Å². The number of rotatable bonds is 13. The summed E-state index contributed by atoms with van der Waals surface area (Å²) < 4.78 is 51.0. The topological polar surface area (TPSA) is 83.1 Å². The van der Waals surface area contributed by atoms with E-state index in [9.17, 15) is 0 Å². The third-order valence-electron chi connectivity index (χ3n) is 4.52. The van der Waals surface area contributed by atoms with Crippen LogP contribution in [0.5, 0.6) is 0 Å². The fourth-order valence-corrected chi connectivity index (χ4v) is 19.5. The average molecular weight is 405 g/mol. The molecule has 0 saturated heterocycles. The van der Waals surface area contributed by atoms with Crippen LogP contribution < -0.4 is 0 Å². The van der Waals surface area contributed by atoms with Gasteiger partial charge >= 0.3 is 26.4 Å². The van der Waals surface area contributed by atoms with E-state index in [2.05, 4.69) is 0 Å². The van der Waals surface area contributed by atoms with Gasteiger partial charge in [-0.15, -0.1) is 0 Å². The summed E-state index contributed by atoms with van der Waals surface area (Å²) in [5.41, 5.74) is 0. The van der Waals surface area contributed by atoms with Crippen LogP contribution in [0.15, 0.2) is 0 Å². The first-order valence-electron chi connectivity index (χ1n) is 7.32. The van der Waals surface area contributed by atoms with Crippen molar-refractivity contribution in [3.05, 3.63) is 0 Å². The van der Waals surface area contributed by atoms with Gasteiger partial charge in [-0.2, -0.15) is 0 Å². The Hall–Kier alpha value is 0.291. The second-order valence-electron chi connectivity index (χ2n) is 4.76. The van der Waals surface area contributed by atoms with Crippen molar-refractivity contribution in [2.24, 2.45) is 0 Å². The minimum absolute atomic E-state index is 0.401.